The maximum absolute atomic E-state index is 12.9. The van der Waals surface area contributed by atoms with Crippen LogP contribution < -0.4 is 9.46 Å². The quantitative estimate of drug-likeness (QED) is 0.780. The van der Waals surface area contributed by atoms with Crippen LogP contribution in [-0.2, 0) is 10.0 Å². The average molecular weight is 395 g/mol. The number of aryl methyl sites for hydroxylation is 1. The first kappa shape index (κ1) is 19.4. The van der Waals surface area contributed by atoms with Crippen molar-refractivity contribution in [2.45, 2.75) is 37.1 Å². The van der Waals surface area contributed by atoms with E-state index in [-0.39, 0.29) is 10.9 Å². The van der Waals surface area contributed by atoms with Crippen LogP contribution in [0.2, 0.25) is 0 Å². The van der Waals surface area contributed by atoms with Gasteiger partial charge in [-0.2, -0.15) is 11.3 Å². The molecule has 0 spiro atoms. The van der Waals surface area contributed by atoms with Crippen molar-refractivity contribution in [3.05, 3.63) is 46.2 Å². The zero-order valence-electron chi connectivity index (χ0n) is 15.3. The molecule has 142 valence electrons. The molecule has 7 heteroatoms. The predicted octanol–water partition coefficient (Wildman–Crippen LogP) is 3.57. The lowest BCUT2D eigenvalue weighted by atomic mass is 10.0. The largest absolute Gasteiger partial charge is 0.495 e. The second kappa shape index (κ2) is 8.52. The summed E-state index contributed by atoms with van der Waals surface area (Å²) in [4.78, 5) is 2.59. The molecule has 0 saturated carbocycles. The average Bonchev–Trinajstić information content (AvgIpc) is 3.17. The van der Waals surface area contributed by atoms with E-state index in [0.717, 1.165) is 18.7 Å². The SMILES string of the molecule is COc1ccc(C)cc1S(=O)(=O)NCC(c1ccsc1)N1CCCCC1. The normalized spacial score (nSPS) is 17.2. The lowest BCUT2D eigenvalue weighted by Crippen LogP contribution is -2.40. The van der Waals surface area contributed by atoms with E-state index in [0.29, 0.717) is 12.3 Å². The van der Waals surface area contributed by atoms with Gasteiger partial charge >= 0.3 is 0 Å². The molecule has 5 nitrogen and oxygen atoms in total. The van der Waals surface area contributed by atoms with Crippen molar-refractivity contribution in [1.82, 2.24) is 9.62 Å². The minimum atomic E-state index is -3.65. The predicted molar refractivity (Wildman–Crippen MR) is 105 cm³/mol. The summed E-state index contributed by atoms with van der Waals surface area (Å²) in [6.07, 6.45) is 3.58. The first-order chi connectivity index (χ1) is 12.5. The number of thiophene rings is 1. The molecule has 0 aliphatic carbocycles. The van der Waals surface area contributed by atoms with Crippen LogP contribution in [0.3, 0.4) is 0 Å². The summed E-state index contributed by atoms with van der Waals surface area (Å²) < 4.78 is 33.9. The van der Waals surface area contributed by atoms with Crippen molar-refractivity contribution in [1.29, 1.82) is 0 Å². The molecule has 1 saturated heterocycles. The Hall–Kier alpha value is -1.41. The highest BCUT2D eigenvalue weighted by Gasteiger charge is 2.26. The van der Waals surface area contributed by atoms with E-state index in [1.807, 2.05) is 18.4 Å². The molecule has 3 rings (SSSR count). The molecule has 1 aromatic carbocycles. The highest BCUT2D eigenvalue weighted by molar-refractivity contribution is 7.89. The molecule has 1 N–H and O–H groups in total. The van der Waals surface area contributed by atoms with Crippen LogP contribution in [0.4, 0.5) is 0 Å². The third kappa shape index (κ3) is 4.46. The van der Waals surface area contributed by atoms with Gasteiger partial charge in [0, 0.05) is 12.6 Å². The molecule has 2 aromatic rings. The molecule has 2 heterocycles. The number of hydrogen-bond acceptors (Lipinski definition) is 5. The molecule has 1 unspecified atom stereocenters. The monoisotopic (exact) mass is 394 g/mol. The van der Waals surface area contributed by atoms with Gasteiger partial charge in [0.05, 0.1) is 7.11 Å². The zero-order chi connectivity index (χ0) is 18.6. The fourth-order valence-corrected chi connectivity index (χ4v) is 5.41. The maximum Gasteiger partial charge on any atom is 0.244 e. The number of piperidine rings is 1. The van der Waals surface area contributed by atoms with Crippen molar-refractivity contribution >= 4 is 21.4 Å². The van der Waals surface area contributed by atoms with Gasteiger partial charge in [0.2, 0.25) is 10.0 Å². The lowest BCUT2D eigenvalue weighted by Gasteiger charge is -2.34. The molecular formula is C19H26N2O3S2. The Morgan fingerprint density at radius 3 is 2.65 bits per heavy atom. The molecule has 1 fully saturated rings. The van der Waals surface area contributed by atoms with Gasteiger partial charge in [0.1, 0.15) is 10.6 Å². The van der Waals surface area contributed by atoms with Crippen LogP contribution in [-0.4, -0.2) is 40.1 Å². The highest BCUT2D eigenvalue weighted by Crippen LogP contribution is 2.28. The Morgan fingerprint density at radius 1 is 1.23 bits per heavy atom. The van der Waals surface area contributed by atoms with Gasteiger partial charge in [-0.25, -0.2) is 13.1 Å². The fourth-order valence-electron chi connectivity index (χ4n) is 3.41. The first-order valence-corrected chi connectivity index (χ1v) is 11.3. The third-order valence-electron chi connectivity index (χ3n) is 4.83. The van der Waals surface area contributed by atoms with Crippen LogP contribution >= 0.6 is 11.3 Å². The topological polar surface area (TPSA) is 58.6 Å². The summed E-state index contributed by atoms with van der Waals surface area (Å²) in [6.45, 7) is 4.25. The van der Waals surface area contributed by atoms with Crippen LogP contribution in [0, 0.1) is 6.92 Å². The second-order valence-corrected chi connectivity index (χ2v) is 9.19. The number of likely N-dealkylation sites (tertiary alicyclic amines) is 1. The molecule has 1 atom stereocenters. The zero-order valence-corrected chi connectivity index (χ0v) is 16.9. The molecular weight excluding hydrogens is 368 g/mol. The Labute approximate surface area is 160 Å². The van der Waals surface area contributed by atoms with E-state index in [2.05, 4.69) is 21.1 Å². The molecule has 0 radical (unpaired) electrons. The fraction of sp³-hybridized carbons (Fsp3) is 0.474. The van der Waals surface area contributed by atoms with E-state index in [1.54, 1.807) is 23.5 Å². The lowest BCUT2D eigenvalue weighted by molar-refractivity contribution is 0.165. The number of rotatable bonds is 7. The van der Waals surface area contributed by atoms with Crippen LogP contribution in [0.15, 0.2) is 39.9 Å². The Balaban J connectivity index is 1.81. The summed E-state index contributed by atoms with van der Waals surface area (Å²) in [5, 5.41) is 4.16. The summed E-state index contributed by atoms with van der Waals surface area (Å²) in [7, 11) is -2.16. The van der Waals surface area contributed by atoms with Crippen molar-refractivity contribution in [3.63, 3.8) is 0 Å². The maximum atomic E-state index is 12.9. The van der Waals surface area contributed by atoms with Gasteiger partial charge in [-0.05, 0) is 72.9 Å². The summed E-state index contributed by atoms with van der Waals surface area (Å²) in [6, 6.07) is 7.35. The Bertz CT molecular complexity index is 813. The first-order valence-electron chi connectivity index (χ1n) is 8.92. The molecule has 1 aliphatic heterocycles. The Kier molecular flexibility index (Phi) is 6.34. The smallest absolute Gasteiger partial charge is 0.244 e. The van der Waals surface area contributed by atoms with E-state index < -0.39 is 10.0 Å². The van der Waals surface area contributed by atoms with Gasteiger partial charge in [-0.15, -0.1) is 0 Å². The molecule has 26 heavy (non-hydrogen) atoms. The minimum absolute atomic E-state index is 0.0622. The summed E-state index contributed by atoms with van der Waals surface area (Å²) >= 11 is 1.65. The number of nitrogens with one attached hydrogen (secondary N) is 1. The van der Waals surface area contributed by atoms with Gasteiger partial charge < -0.3 is 4.74 Å². The van der Waals surface area contributed by atoms with Crippen molar-refractivity contribution in [2.75, 3.05) is 26.7 Å². The third-order valence-corrected chi connectivity index (χ3v) is 6.98. The minimum Gasteiger partial charge on any atom is -0.495 e. The number of ether oxygens (including phenoxy) is 1. The van der Waals surface area contributed by atoms with Gasteiger partial charge in [-0.3, -0.25) is 4.90 Å². The molecule has 0 bridgehead atoms. The summed E-state index contributed by atoms with van der Waals surface area (Å²) in [5.41, 5.74) is 2.06. The standard InChI is InChI=1S/C19H26N2O3S2/c1-15-6-7-18(24-2)19(12-15)26(22,23)20-13-17(16-8-11-25-14-16)21-9-4-3-5-10-21/h6-8,11-12,14,17,20H,3-5,9-10,13H2,1-2H3. The Morgan fingerprint density at radius 2 is 2.00 bits per heavy atom. The number of benzene rings is 1. The van der Waals surface area contributed by atoms with E-state index in [4.69, 9.17) is 4.74 Å². The number of nitrogens with zero attached hydrogens (tertiary/aromatic N) is 1. The summed E-state index contributed by atoms with van der Waals surface area (Å²) in [5.74, 6) is 0.369. The van der Waals surface area contributed by atoms with E-state index in [1.165, 1.54) is 31.9 Å². The number of methoxy groups -OCH3 is 1. The second-order valence-electron chi connectivity index (χ2n) is 6.68. The molecule has 1 aliphatic rings. The van der Waals surface area contributed by atoms with Crippen LogP contribution in [0.5, 0.6) is 5.75 Å². The van der Waals surface area contributed by atoms with Gasteiger partial charge in [0.25, 0.3) is 0 Å². The molecule has 1 aromatic heterocycles. The van der Waals surface area contributed by atoms with Gasteiger partial charge in [0.15, 0.2) is 0 Å². The van der Waals surface area contributed by atoms with Crippen molar-refractivity contribution in [3.8, 4) is 5.75 Å². The van der Waals surface area contributed by atoms with Crippen LogP contribution in [0.25, 0.3) is 0 Å². The number of hydrogen-bond donors (Lipinski definition) is 1. The number of sulfonamides is 1. The van der Waals surface area contributed by atoms with E-state index >= 15 is 0 Å². The highest BCUT2D eigenvalue weighted by atomic mass is 32.2. The molecule has 0 amide bonds. The van der Waals surface area contributed by atoms with Gasteiger partial charge in [-0.1, -0.05) is 12.5 Å². The van der Waals surface area contributed by atoms with Crippen LogP contribution in [0.1, 0.15) is 36.4 Å². The van der Waals surface area contributed by atoms with E-state index in [9.17, 15) is 8.42 Å². The van der Waals surface area contributed by atoms with Crippen molar-refractivity contribution in [2.24, 2.45) is 0 Å². The van der Waals surface area contributed by atoms with Crippen molar-refractivity contribution < 1.29 is 13.2 Å².